The van der Waals surface area contributed by atoms with Crippen LogP contribution < -0.4 is 10.9 Å². The van der Waals surface area contributed by atoms with Crippen molar-refractivity contribution in [3.05, 3.63) is 47.1 Å². The zero-order valence-electron chi connectivity index (χ0n) is 22.1. The summed E-state index contributed by atoms with van der Waals surface area (Å²) in [5.41, 5.74) is 0.373. The first kappa shape index (κ1) is 25.9. The van der Waals surface area contributed by atoms with E-state index in [1.807, 2.05) is 36.1 Å². The lowest BCUT2D eigenvalue weighted by Gasteiger charge is -2.39. The minimum atomic E-state index is -2.56. The van der Waals surface area contributed by atoms with Gasteiger partial charge in [0.2, 0.25) is 11.8 Å². The number of carbonyl (C=O) groups excluding carboxylic acids is 1. The molecule has 6 rings (SSSR count). The fourth-order valence-corrected chi connectivity index (χ4v) is 5.75. The van der Waals surface area contributed by atoms with Crippen LogP contribution in [-0.4, -0.2) is 65.9 Å². The van der Waals surface area contributed by atoms with Gasteiger partial charge in [-0.1, -0.05) is 6.92 Å². The average Bonchev–Trinajstić information content (AvgIpc) is 3.52. The third-order valence-electron chi connectivity index (χ3n) is 8.72. The van der Waals surface area contributed by atoms with E-state index >= 15 is 0 Å². The summed E-state index contributed by atoms with van der Waals surface area (Å²) in [6.07, 6.45) is 6.25. The molecule has 3 aromatic rings. The molecule has 2 N–H and O–H groups in total. The monoisotopic (exact) mass is 540 g/mol. The molecule has 2 aliphatic carbocycles. The summed E-state index contributed by atoms with van der Waals surface area (Å²) in [4.78, 5) is 32.2. The predicted molar refractivity (Wildman–Crippen MR) is 142 cm³/mol. The number of nitrogens with one attached hydrogen (secondary N) is 1. The molecule has 39 heavy (non-hydrogen) atoms. The average molecular weight is 541 g/mol. The van der Waals surface area contributed by atoms with Crippen molar-refractivity contribution in [3.63, 3.8) is 0 Å². The fraction of sp³-hybridized carbons (Fsp3) is 0.571. The number of likely N-dealkylation sites (tertiary alicyclic amines) is 1. The number of halogens is 2. The highest BCUT2D eigenvalue weighted by atomic mass is 19.3. The van der Waals surface area contributed by atoms with Crippen LogP contribution in [0.5, 0.6) is 0 Å². The van der Waals surface area contributed by atoms with Gasteiger partial charge in [-0.3, -0.25) is 14.2 Å². The smallest absolute Gasteiger partial charge is 0.264 e. The number of hydrogen-bond acceptors (Lipinski definition) is 6. The van der Waals surface area contributed by atoms with Gasteiger partial charge in [-0.25, -0.2) is 18.4 Å². The van der Waals surface area contributed by atoms with Crippen LogP contribution in [0.15, 0.2) is 41.6 Å². The summed E-state index contributed by atoms with van der Waals surface area (Å²) in [6.45, 7) is 3.05. The maximum Gasteiger partial charge on any atom is 0.264 e. The van der Waals surface area contributed by atoms with Crippen molar-refractivity contribution in [1.29, 1.82) is 0 Å². The second-order valence-electron chi connectivity index (χ2n) is 11.9. The van der Waals surface area contributed by atoms with Crippen molar-refractivity contribution in [2.45, 2.75) is 82.4 Å². The van der Waals surface area contributed by atoms with Crippen LogP contribution in [-0.2, 0) is 11.3 Å². The number of fused-ring (bicyclic) bond motifs is 1. The lowest BCUT2D eigenvalue weighted by Crippen LogP contribution is -2.51. The van der Waals surface area contributed by atoms with Gasteiger partial charge in [0.05, 0.1) is 24.0 Å². The quantitative estimate of drug-likeness (QED) is 0.494. The van der Waals surface area contributed by atoms with Gasteiger partial charge in [0.25, 0.3) is 5.56 Å². The molecule has 1 aliphatic heterocycles. The Bertz CT molecular complexity index is 1430. The molecule has 0 bridgehead atoms. The highest BCUT2D eigenvalue weighted by molar-refractivity contribution is 5.85. The van der Waals surface area contributed by atoms with E-state index in [2.05, 4.69) is 15.4 Å². The number of benzene rings is 1. The van der Waals surface area contributed by atoms with Gasteiger partial charge >= 0.3 is 0 Å². The molecule has 1 amide bonds. The molecule has 208 valence electrons. The zero-order chi connectivity index (χ0) is 27.4. The molecule has 1 aromatic carbocycles. The van der Waals surface area contributed by atoms with Gasteiger partial charge in [-0.15, -0.1) is 0 Å². The van der Waals surface area contributed by atoms with Crippen LogP contribution in [0, 0.1) is 5.41 Å². The van der Waals surface area contributed by atoms with Crippen molar-refractivity contribution < 1.29 is 18.7 Å². The Morgan fingerprint density at radius 1 is 1.08 bits per heavy atom. The summed E-state index contributed by atoms with van der Waals surface area (Å²) >= 11 is 0. The second kappa shape index (κ2) is 9.39. The molecule has 11 heteroatoms. The Morgan fingerprint density at radius 3 is 2.38 bits per heavy atom. The molecule has 0 unspecified atom stereocenters. The molecule has 9 nitrogen and oxygen atoms in total. The third-order valence-corrected chi connectivity index (χ3v) is 8.72. The molecule has 0 radical (unpaired) electrons. The first-order valence-corrected chi connectivity index (χ1v) is 13.7. The Balaban J connectivity index is 1.13. The van der Waals surface area contributed by atoms with E-state index < -0.39 is 11.5 Å². The van der Waals surface area contributed by atoms with Crippen molar-refractivity contribution in [2.75, 3.05) is 18.4 Å². The Hall–Kier alpha value is -3.34. The standard InChI is InChI=1S/C28H34F2N6O3/c1-26(10-11-26)25(38)34-14-12-27(39,13-15-34)17-35-18-31-23-22(24(35)37)16-32-36(23)21-4-2-19(3-5-21)33-20-6-8-28(29,30)9-7-20/h2-5,16,18,20,33,39H,6-15,17H2,1H3. The lowest BCUT2D eigenvalue weighted by atomic mass is 9.90. The van der Waals surface area contributed by atoms with E-state index in [0.717, 1.165) is 24.2 Å². The van der Waals surface area contributed by atoms with E-state index in [0.29, 0.717) is 49.8 Å². The van der Waals surface area contributed by atoms with Crippen LogP contribution in [0.25, 0.3) is 16.7 Å². The molecule has 3 fully saturated rings. The summed E-state index contributed by atoms with van der Waals surface area (Å²) in [7, 11) is 0. The molecule has 0 atom stereocenters. The van der Waals surface area contributed by atoms with Gasteiger partial charge < -0.3 is 15.3 Å². The van der Waals surface area contributed by atoms with Crippen LogP contribution in [0.4, 0.5) is 14.5 Å². The van der Waals surface area contributed by atoms with Crippen LogP contribution in [0.1, 0.15) is 58.3 Å². The highest BCUT2D eigenvalue weighted by Gasteiger charge is 2.48. The Kier molecular flexibility index (Phi) is 6.24. The van der Waals surface area contributed by atoms with E-state index in [4.69, 9.17) is 0 Å². The number of nitrogens with zero attached hydrogens (tertiary/aromatic N) is 5. The van der Waals surface area contributed by atoms with Gasteiger partial charge in [-0.2, -0.15) is 5.10 Å². The SMILES string of the molecule is CC1(C(=O)N2CCC(O)(Cn3cnc4c(cnn4-c4ccc(NC5CCC(F)(F)CC5)cc4)c3=O)CC2)CC1. The van der Waals surface area contributed by atoms with Gasteiger partial charge in [0.15, 0.2) is 5.65 Å². The molecule has 3 aliphatic rings. The van der Waals surface area contributed by atoms with Gasteiger partial charge in [0.1, 0.15) is 11.7 Å². The maximum atomic E-state index is 13.4. The molecule has 2 saturated carbocycles. The van der Waals surface area contributed by atoms with Crippen molar-refractivity contribution >= 4 is 22.6 Å². The van der Waals surface area contributed by atoms with Gasteiger partial charge in [0, 0.05) is 43.1 Å². The summed E-state index contributed by atoms with van der Waals surface area (Å²) < 4.78 is 29.9. The minimum Gasteiger partial charge on any atom is -0.388 e. The van der Waals surface area contributed by atoms with Gasteiger partial charge in [-0.05, 0) is 62.8 Å². The third kappa shape index (κ3) is 5.16. The van der Waals surface area contributed by atoms with E-state index in [-0.39, 0.29) is 42.3 Å². The summed E-state index contributed by atoms with van der Waals surface area (Å²) in [5.74, 6) is -2.39. The van der Waals surface area contributed by atoms with Crippen LogP contribution >= 0.6 is 0 Å². The highest BCUT2D eigenvalue weighted by Crippen LogP contribution is 2.47. The number of alkyl halides is 2. The first-order valence-electron chi connectivity index (χ1n) is 13.7. The normalized spacial score (nSPS) is 22.1. The number of rotatable bonds is 6. The number of hydrogen-bond donors (Lipinski definition) is 2. The first-order chi connectivity index (χ1) is 18.5. The van der Waals surface area contributed by atoms with Crippen LogP contribution in [0.2, 0.25) is 0 Å². The molecule has 3 heterocycles. The molecule has 0 spiro atoms. The number of amides is 1. The lowest BCUT2D eigenvalue weighted by molar-refractivity contribution is -0.141. The Labute approximate surface area is 224 Å². The maximum absolute atomic E-state index is 13.4. The zero-order valence-corrected chi connectivity index (χ0v) is 22.1. The molecular weight excluding hydrogens is 506 g/mol. The molecular formula is C28H34F2N6O3. The fourth-order valence-electron chi connectivity index (χ4n) is 5.75. The number of anilines is 1. The Morgan fingerprint density at radius 2 is 1.74 bits per heavy atom. The largest absolute Gasteiger partial charge is 0.388 e. The van der Waals surface area contributed by atoms with E-state index in [1.165, 1.54) is 17.1 Å². The number of piperidine rings is 1. The predicted octanol–water partition coefficient (Wildman–Crippen LogP) is 3.73. The number of aliphatic hydroxyl groups is 1. The molecule has 1 saturated heterocycles. The van der Waals surface area contributed by atoms with Crippen molar-refractivity contribution in [2.24, 2.45) is 5.41 Å². The van der Waals surface area contributed by atoms with Crippen LogP contribution in [0.3, 0.4) is 0 Å². The number of aromatic nitrogens is 4. The molecule has 2 aromatic heterocycles. The van der Waals surface area contributed by atoms with Crippen molar-refractivity contribution in [3.8, 4) is 5.69 Å². The number of carbonyl (C=O) groups is 1. The van der Waals surface area contributed by atoms with Crippen molar-refractivity contribution in [1.82, 2.24) is 24.2 Å². The van der Waals surface area contributed by atoms with E-state index in [9.17, 15) is 23.5 Å². The minimum absolute atomic E-state index is 0.0187. The topological polar surface area (TPSA) is 105 Å². The second-order valence-corrected chi connectivity index (χ2v) is 11.9. The summed E-state index contributed by atoms with van der Waals surface area (Å²) in [5, 5.41) is 19.3. The summed E-state index contributed by atoms with van der Waals surface area (Å²) in [6, 6.07) is 7.45. The van der Waals surface area contributed by atoms with E-state index in [1.54, 1.807) is 4.68 Å².